The molecule has 1 N–H and O–H groups in total. The van der Waals surface area contributed by atoms with E-state index in [-0.39, 0.29) is 0 Å². The van der Waals surface area contributed by atoms with Gasteiger partial charge in [0, 0.05) is 24.2 Å². The van der Waals surface area contributed by atoms with Gasteiger partial charge in [-0.25, -0.2) is 4.98 Å². The van der Waals surface area contributed by atoms with Crippen LogP contribution in [0.2, 0.25) is 0 Å². The molecule has 0 saturated carbocycles. The van der Waals surface area contributed by atoms with E-state index in [1.807, 2.05) is 10.5 Å². The summed E-state index contributed by atoms with van der Waals surface area (Å²) >= 11 is 0. The highest BCUT2D eigenvalue weighted by Gasteiger charge is 2.28. The standard InChI is InChI=1S/C10H13N5/c1-7-8(2-5-12-7)10-14-13-9-3-4-11-6-15(9)10/h3-4,6-8,12H,2,5H2,1H3. The van der Waals surface area contributed by atoms with Crippen LogP contribution in [-0.2, 0) is 0 Å². The van der Waals surface area contributed by atoms with Gasteiger partial charge in [0.1, 0.15) is 12.2 Å². The van der Waals surface area contributed by atoms with E-state index in [0.717, 1.165) is 24.4 Å². The molecule has 15 heavy (non-hydrogen) atoms. The van der Waals surface area contributed by atoms with E-state index >= 15 is 0 Å². The van der Waals surface area contributed by atoms with E-state index in [4.69, 9.17) is 0 Å². The van der Waals surface area contributed by atoms with Gasteiger partial charge in [0.15, 0.2) is 5.65 Å². The van der Waals surface area contributed by atoms with E-state index in [2.05, 4.69) is 27.4 Å². The van der Waals surface area contributed by atoms with Crippen LogP contribution in [0.3, 0.4) is 0 Å². The average Bonchev–Trinajstić information content (AvgIpc) is 2.83. The Kier molecular flexibility index (Phi) is 1.92. The molecule has 78 valence electrons. The number of nitrogens with one attached hydrogen (secondary N) is 1. The van der Waals surface area contributed by atoms with E-state index in [1.165, 1.54) is 0 Å². The highest BCUT2D eigenvalue weighted by Crippen LogP contribution is 2.25. The zero-order valence-electron chi connectivity index (χ0n) is 8.59. The number of fused-ring (bicyclic) bond motifs is 1. The highest BCUT2D eigenvalue weighted by molar-refractivity contribution is 5.36. The third-order valence-electron chi connectivity index (χ3n) is 3.10. The first-order chi connectivity index (χ1) is 7.36. The van der Waals surface area contributed by atoms with Crippen LogP contribution in [0.15, 0.2) is 18.6 Å². The minimum Gasteiger partial charge on any atom is -0.314 e. The maximum atomic E-state index is 4.26. The van der Waals surface area contributed by atoms with Crippen molar-refractivity contribution in [3.8, 4) is 0 Å². The van der Waals surface area contributed by atoms with Crippen LogP contribution in [-0.4, -0.2) is 32.2 Å². The predicted molar refractivity (Wildman–Crippen MR) is 55.6 cm³/mol. The van der Waals surface area contributed by atoms with Gasteiger partial charge in [-0.1, -0.05) is 0 Å². The fourth-order valence-corrected chi connectivity index (χ4v) is 2.23. The highest BCUT2D eigenvalue weighted by atomic mass is 15.3. The van der Waals surface area contributed by atoms with E-state index < -0.39 is 0 Å². The van der Waals surface area contributed by atoms with Gasteiger partial charge in [-0.3, -0.25) is 4.40 Å². The van der Waals surface area contributed by atoms with Crippen molar-refractivity contribution in [2.75, 3.05) is 6.54 Å². The molecule has 1 saturated heterocycles. The molecular formula is C10H13N5. The zero-order chi connectivity index (χ0) is 10.3. The quantitative estimate of drug-likeness (QED) is 0.737. The molecule has 2 atom stereocenters. The van der Waals surface area contributed by atoms with Gasteiger partial charge in [0.2, 0.25) is 0 Å². The molecule has 5 nitrogen and oxygen atoms in total. The van der Waals surface area contributed by atoms with Crippen LogP contribution < -0.4 is 5.32 Å². The van der Waals surface area contributed by atoms with E-state index in [0.29, 0.717) is 12.0 Å². The third kappa shape index (κ3) is 1.31. The Morgan fingerprint density at radius 2 is 2.40 bits per heavy atom. The Bertz CT molecular complexity index is 477. The Balaban J connectivity index is 2.10. The Morgan fingerprint density at radius 1 is 1.47 bits per heavy atom. The molecule has 1 aliphatic rings. The topological polar surface area (TPSA) is 55.1 Å². The molecule has 1 fully saturated rings. The summed E-state index contributed by atoms with van der Waals surface area (Å²) in [6.45, 7) is 3.25. The lowest BCUT2D eigenvalue weighted by atomic mass is 10.0. The van der Waals surface area contributed by atoms with Crippen LogP contribution >= 0.6 is 0 Å². The van der Waals surface area contributed by atoms with Crippen molar-refractivity contribution in [2.45, 2.75) is 25.3 Å². The molecule has 0 aromatic carbocycles. The summed E-state index contributed by atoms with van der Waals surface area (Å²) in [7, 11) is 0. The van der Waals surface area contributed by atoms with Crippen molar-refractivity contribution >= 4 is 5.65 Å². The molecule has 2 unspecified atom stereocenters. The van der Waals surface area contributed by atoms with Crippen molar-refractivity contribution in [1.29, 1.82) is 0 Å². The van der Waals surface area contributed by atoms with Gasteiger partial charge in [0.25, 0.3) is 0 Å². The molecule has 3 rings (SSSR count). The molecule has 0 aliphatic carbocycles. The van der Waals surface area contributed by atoms with Crippen molar-refractivity contribution in [3.63, 3.8) is 0 Å². The predicted octanol–water partition coefficient (Wildman–Crippen LogP) is 0.590. The van der Waals surface area contributed by atoms with Crippen LogP contribution in [0.25, 0.3) is 5.65 Å². The first kappa shape index (κ1) is 8.79. The average molecular weight is 203 g/mol. The minimum atomic E-state index is 0.448. The molecular weight excluding hydrogens is 190 g/mol. The van der Waals surface area contributed by atoms with Crippen molar-refractivity contribution in [3.05, 3.63) is 24.4 Å². The van der Waals surface area contributed by atoms with Crippen molar-refractivity contribution < 1.29 is 0 Å². The second kappa shape index (κ2) is 3.27. The summed E-state index contributed by atoms with van der Waals surface area (Å²) in [6.07, 6.45) is 4.65. The SMILES string of the molecule is CC1NCCC1c1nnc2ccncn12. The fraction of sp³-hybridized carbons (Fsp3) is 0.500. The Labute approximate surface area is 87.5 Å². The normalized spacial score (nSPS) is 26.2. The molecule has 0 amide bonds. The largest absolute Gasteiger partial charge is 0.314 e. The van der Waals surface area contributed by atoms with Gasteiger partial charge >= 0.3 is 0 Å². The van der Waals surface area contributed by atoms with Crippen LogP contribution in [0.1, 0.15) is 25.1 Å². The van der Waals surface area contributed by atoms with Crippen LogP contribution in [0.4, 0.5) is 0 Å². The lowest BCUT2D eigenvalue weighted by molar-refractivity contribution is 0.562. The lowest BCUT2D eigenvalue weighted by Crippen LogP contribution is -2.22. The van der Waals surface area contributed by atoms with Gasteiger partial charge in [0.05, 0.1) is 0 Å². The molecule has 1 aliphatic heterocycles. The van der Waals surface area contributed by atoms with Crippen molar-refractivity contribution in [2.24, 2.45) is 0 Å². The van der Waals surface area contributed by atoms with Gasteiger partial charge in [-0.2, -0.15) is 0 Å². The Hall–Kier alpha value is -1.49. The van der Waals surface area contributed by atoms with Gasteiger partial charge in [-0.05, 0) is 19.9 Å². The number of rotatable bonds is 1. The molecule has 2 aromatic rings. The summed E-state index contributed by atoms with van der Waals surface area (Å²) in [5, 5.41) is 11.8. The summed E-state index contributed by atoms with van der Waals surface area (Å²) < 4.78 is 1.98. The third-order valence-corrected chi connectivity index (χ3v) is 3.10. The first-order valence-electron chi connectivity index (χ1n) is 5.24. The molecule has 3 heterocycles. The lowest BCUT2D eigenvalue weighted by Gasteiger charge is -2.12. The molecule has 0 radical (unpaired) electrons. The number of hydrogen-bond donors (Lipinski definition) is 1. The van der Waals surface area contributed by atoms with Crippen LogP contribution in [0.5, 0.6) is 0 Å². The maximum absolute atomic E-state index is 4.26. The second-order valence-electron chi connectivity index (χ2n) is 4.00. The zero-order valence-corrected chi connectivity index (χ0v) is 8.59. The monoisotopic (exact) mass is 203 g/mol. The van der Waals surface area contributed by atoms with Gasteiger partial charge < -0.3 is 5.32 Å². The van der Waals surface area contributed by atoms with Crippen molar-refractivity contribution in [1.82, 2.24) is 24.9 Å². The summed E-state index contributed by atoms with van der Waals surface area (Å²) in [4.78, 5) is 4.10. The summed E-state index contributed by atoms with van der Waals surface area (Å²) in [6, 6.07) is 2.35. The fourth-order valence-electron chi connectivity index (χ4n) is 2.23. The number of hydrogen-bond acceptors (Lipinski definition) is 4. The van der Waals surface area contributed by atoms with Gasteiger partial charge in [-0.15, -0.1) is 10.2 Å². The summed E-state index contributed by atoms with van der Waals surface area (Å²) in [5.74, 6) is 1.47. The van der Waals surface area contributed by atoms with Crippen LogP contribution in [0, 0.1) is 0 Å². The molecule has 0 spiro atoms. The molecule has 5 heteroatoms. The number of nitrogens with zero attached hydrogens (tertiary/aromatic N) is 4. The first-order valence-corrected chi connectivity index (χ1v) is 5.24. The number of aromatic nitrogens is 4. The van der Waals surface area contributed by atoms with E-state index in [9.17, 15) is 0 Å². The maximum Gasteiger partial charge on any atom is 0.163 e. The molecule has 0 bridgehead atoms. The smallest absolute Gasteiger partial charge is 0.163 e. The molecule has 2 aromatic heterocycles. The summed E-state index contributed by atoms with van der Waals surface area (Å²) in [5.41, 5.74) is 0.874. The second-order valence-corrected chi connectivity index (χ2v) is 4.00. The Morgan fingerprint density at radius 3 is 3.20 bits per heavy atom. The van der Waals surface area contributed by atoms with E-state index in [1.54, 1.807) is 12.5 Å². The minimum absolute atomic E-state index is 0.448.